The van der Waals surface area contributed by atoms with Crippen LogP contribution in [0, 0.1) is 5.82 Å². The Hall–Kier alpha value is -2.73. The Kier molecular flexibility index (Phi) is 4.63. The van der Waals surface area contributed by atoms with Gasteiger partial charge in [-0.25, -0.2) is 9.07 Å². The van der Waals surface area contributed by atoms with Gasteiger partial charge in [-0.1, -0.05) is 17.7 Å². The van der Waals surface area contributed by atoms with Crippen molar-refractivity contribution in [2.45, 2.75) is 6.61 Å². The summed E-state index contributed by atoms with van der Waals surface area (Å²) >= 11 is 5.96. The van der Waals surface area contributed by atoms with Crippen LogP contribution in [0.15, 0.2) is 60.2 Å². The summed E-state index contributed by atoms with van der Waals surface area (Å²) in [5, 5.41) is 11.8. The van der Waals surface area contributed by atoms with Gasteiger partial charge in [0.1, 0.15) is 30.8 Å². The Labute approximate surface area is 137 Å². The molecule has 1 heterocycles. The molecule has 3 aromatic rings. The van der Waals surface area contributed by atoms with Gasteiger partial charge in [-0.3, -0.25) is 0 Å². The molecule has 23 heavy (non-hydrogen) atoms. The van der Waals surface area contributed by atoms with Crippen LogP contribution in [0.4, 0.5) is 4.39 Å². The van der Waals surface area contributed by atoms with Gasteiger partial charge in [-0.2, -0.15) is 5.10 Å². The SMILES string of the molecule is Fc1cccc(Cl)c1COc1ccc(/C=N/n2cnnc2)cc1. The summed E-state index contributed by atoms with van der Waals surface area (Å²) in [6, 6.07) is 11.8. The van der Waals surface area contributed by atoms with E-state index in [1.165, 1.54) is 23.4 Å². The first-order valence-corrected chi connectivity index (χ1v) is 7.15. The van der Waals surface area contributed by atoms with Crippen molar-refractivity contribution >= 4 is 17.8 Å². The fourth-order valence-electron chi connectivity index (χ4n) is 1.86. The Bertz CT molecular complexity index is 783. The average molecular weight is 331 g/mol. The number of ether oxygens (including phenoxy) is 1. The van der Waals surface area contributed by atoms with Crippen LogP contribution < -0.4 is 4.74 Å². The summed E-state index contributed by atoms with van der Waals surface area (Å²) in [4.78, 5) is 0. The molecule has 0 aliphatic carbocycles. The summed E-state index contributed by atoms with van der Waals surface area (Å²) in [6.07, 6.45) is 4.65. The first kappa shape index (κ1) is 15.2. The maximum Gasteiger partial charge on any atom is 0.141 e. The van der Waals surface area contributed by atoms with Crippen molar-refractivity contribution in [3.05, 3.63) is 77.1 Å². The van der Waals surface area contributed by atoms with E-state index >= 15 is 0 Å². The molecule has 0 amide bonds. The largest absolute Gasteiger partial charge is 0.489 e. The van der Waals surface area contributed by atoms with Crippen LogP contribution in [-0.4, -0.2) is 21.1 Å². The van der Waals surface area contributed by atoms with Gasteiger partial charge in [0, 0.05) is 5.56 Å². The molecule has 2 aromatic carbocycles. The summed E-state index contributed by atoms with van der Waals surface area (Å²) in [5.74, 6) is 0.237. The van der Waals surface area contributed by atoms with Crippen molar-refractivity contribution < 1.29 is 9.13 Å². The maximum atomic E-state index is 13.7. The molecule has 116 valence electrons. The Morgan fingerprint density at radius 2 is 1.87 bits per heavy atom. The van der Waals surface area contributed by atoms with Crippen LogP contribution in [-0.2, 0) is 6.61 Å². The Morgan fingerprint density at radius 3 is 2.57 bits per heavy atom. The van der Waals surface area contributed by atoms with Gasteiger partial charge in [-0.15, -0.1) is 10.2 Å². The normalized spacial score (nSPS) is 11.0. The van der Waals surface area contributed by atoms with Gasteiger partial charge in [0.05, 0.1) is 11.2 Å². The van der Waals surface area contributed by atoms with Gasteiger partial charge < -0.3 is 4.74 Å². The first-order valence-electron chi connectivity index (χ1n) is 6.77. The van der Waals surface area contributed by atoms with E-state index in [2.05, 4.69) is 15.3 Å². The molecule has 0 N–H and O–H groups in total. The van der Waals surface area contributed by atoms with Gasteiger partial charge in [-0.05, 0) is 42.0 Å². The minimum Gasteiger partial charge on any atom is -0.489 e. The van der Waals surface area contributed by atoms with Gasteiger partial charge in [0.15, 0.2) is 0 Å². The lowest BCUT2D eigenvalue weighted by molar-refractivity contribution is 0.300. The molecule has 0 saturated carbocycles. The van der Waals surface area contributed by atoms with Crippen LogP contribution >= 0.6 is 11.6 Å². The third-order valence-electron chi connectivity index (χ3n) is 3.07. The molecule has 0 spiro atoms. The van der Waals surface area contributed by atoms with Gasteiger partial charge >= 0.3 is 0 Å². The molecule has 0 bridgehead atoms. The molecule has 3 rings (SSSR count). The highest BCUT2D eigenvalue weighted by molar-refractivity contribution is 6.31. The molecule has 0 radical (unpaired) electrons. The number of aromatic nitrogens is 3. The lowest BCUT2D eigenvalue weighted by atomic mass is 10.2. The topological polar surface area (TPSA) is 52.3 Å². The number of nitrogens with zero attached hydrogens (tertiary/aromatic N) is 4. The van der Waals surface area contributed by atoms with Crippen molar-refractivity contribution in [1.82, 2.24) is 14.9 Å². The van der Waals surface area contributed by atoms with Gasteiger partial charge in [0.25, 0.3) is 0 Å². The van der Waals surface area contributed by atoms with E-state index < -0.39 is 0 Å². The second-order valence-corrected chi connectivity index (χ2v) is 5.05. The molecule has 0 saturated heterocycles. The molecule has 5 nitrogen and oxygen atoms in total. The maximum absolute atomic E-state index is 13.7. The number of benzene rings is 2. The lowest BCUT2D eigenvalue weighted by Crippen LogP contribution is -1.99. The first-order chi connectivity index (χ1) is 11.2. The summed E-state index contributed by atoms with van der Waals surface area (Å²) in [6.45, 7) is 0.0691. The Balaban J connectivity index is 1.64. The number of hydrogen-bond donors (Lipinski definition) is 0. The van der Waals surface area contributed by atoms with Crippen LogP contribution in [0.5, 0.6) is 5.75 Å². The molecule has 0 aliphatic heterocycles. The average Bonchev–Trinajstić information content (AvgIpc) is 3.07. The minimum atomic E-state index is -0.379. The number of halogens is 2. The third kappa shape index (κ3) is 3.92. The van der Waals surface area contributed by atoms with E-state index in [9.17, 15) is 4.39 Å². The monoisotopic (exact) mass is 330 g/mol. The lowest BCUT2D eigenvalue weighted by Gasteiger charge is -2.08. The molecule has 0 unspecified atom stereocenters. The fraction of sp³-hybridized carbons (Fsp3) is 0.0625. The zero-order valence-electron chi connectivity index (χ0n) is 11.9. The summed E-state index contributed by atoms with van der Waals surface area (Å²) in [7, 11) is 0. The van der Waals surface area contributed by atoms with E-state index in [4.69, 9.17) is 16.3 Å². The van der Waals surface area contributed by atoms with Gasteiger partial charge in [0.2, 0.25) is 0 Å². The highest BCUT2D eigenvalue weighted by Crippen LogP contribution is 2.21. The molecule has 0 atom stereocenters. The quantitative estimate of drug-likeness (QED) is 0.672. The molecular weight excluding hydrogens is 319 g/mol. The van der Waals surface area contributed by atoms with Crippen LogP contribution in [0.2, 0.25) is 5.02 Å². The van der Waals surface area contributed by atoms with Crippen LogP contribution in [0.25, 0.3) is 0 Å². The second-order valence-electron chi connectivity index (χ2n) is 4.64. The van der Waals surface area contributed by atoms with Crippen LogP contribution in [0.3, 0.4) is 0 Å². The van der Waals surface area contributed by atoms with Crippen molar-refractivity contribution in [3.8, 4) is 5.75 Å². The zero-order chi connectivity index (χ0) is 16.1. The number of hydrogen-bond acceptors (Lipinski definition) is 4. The predicted molar refractivity (Wildman–Crippen MR) is 85.2 cm³/mol. The summed E-state index contributed by atoms with van der Waals surface area (Å²) in [5.41, 5.74) is 1.22. The number of rotatable bonds is 5. The predicted octanol–water partition coefficient (Wildman–Crippen LogP) is 3.53. The molecule has 1 aromatic heterocycles. The van der Waals surface area contributed by atoms with E-state index in [0.29, 0.717) is 16.3 Å². The van der Waals surface area contributed by atoms with E-state index in [-0.39, 0.29) is 12.4 Å². The molecule has 0 aliphatic rings. The highest BCUT2D eigenvalue weighted by Gasteiger charge is 2.07. The van der Waals surface area contributed by atoms with E-state index in [1.807, 2.05) is 12.1 Å². The molecule has 7 heteroatoms. The highest BCUT2D eigenvalue weighted by atomic mass is 35.5. The third-order valence-corrected chi connectivity index (χ3v) is 3.43. The van der Waals surface area contributed by atoms with Crippen molar-refractivity contribution in [2.75, 3.05) is 0 Å². The minimum absolute atomic E-state index is 0.0691. The Morgan fingerprint density at radius 1 is 1.13 bits per heavy atom. The standard InChI is InChI=1S/C16H12ClFN4O/c17-15-2-1-3-16(18)14(15)9-23-13-6-4-12(5-7-13)8-21-22-10-19-20-11-22/h1-8,10-11H,9H2/b21-8+. The van der Waals surface area contributed by atoms with Crippen molar-refractivity contribution in [3.63, 3.8) is 0 Å². The second kappa shape index (κ2) is 7.02. The van der Waals surface area contributed by atoms with E-state index in [1.54, 1.807) is 30.5 Å². The van der Waals surface area contributed by atoms with Crippen molar-refractivity contribution in [2.24, 2.45) is 5.10 Å². The van der Waals surface area contributed by atoms with Crippen molar-refractivity contribution in [1.29, 1.82) is 0 Å². The van der Waals surface area contributed by atoms with E-state index in [0.717, 1.165) is 5.56 Å². The molecule has 0 fully saturated rings. The molecular formula is C16H12ClFN4O. The summed E-state index contributed by atoms with van der Waals surface area (Å²) < 4.78 is 20.7. The van der Waals surface area contributed by atoms with Crippen LogP contribution in [0.1, 0.15) is 11.1 Å². The zero-order valence-corrected chi connectivity index (χ0v) is 12.7. The fourth-order valence-corrected chi connectivity index (χ4v) is 2.08. The smallest absolute Gasteiger partial charge is 0.141 e.